The number of aliphatic hydroxyl groups excluding tert-OH is 1. The van der Waals surface area contributed by atoms with Gasteiger partial charge in [-0.25, -0.2) is 15.0 Å². The number of anilines is 2. The van der Waals surface area contributed by atoms with E-state index < -0.39 is 24.2 Å². The Kier molecular flexibility index (Phi) is 5.28. The van der Waals surface area contributed by atoms with Crippen molar-refractivity contribution in [2.24, 2.45) is 5.92 Å². The Bertz CT molecular complexity index is 943. The van der Waals surface area contributed by atoms with Crippen molar-refractivity contribution in [2.45, 2.75) is 76.3 Å². The molecule has 2 aliphatic heterocycles. The van der Waals surface area contributed by atoms with E-state index in [4.69, 9.17) is 24.9 Å². The summed E-state index contributed by atoms with van der Waals surface area (Å²) >= 11 is 0. The van der Waals surface area contributed by atoms with Gasteiger partial charge in [0.15, 0.2) is 29.0 Å². The fourth-order valence-corrected chi connectivity index (χ4v) is 5.27. The van der Waals surface area contributed by atoms with Crippen molar-refractivity contribution in [1.29, 1.82) is 0 Å². The maximum absolute atomic E-state index is 9.91. The number of nitrogens with two attached hydrogens (primary N) is 1. The summed E-state index contributed by atoms with van der Waals surface area (Å²) in [5, 5.41) is 9.91. The summed E-state index contributed by atoms with van der Waals surface area (Å²) in [7, 11) is 2.04. The molecule has 0 bridgehead atoms. The van der Waals surface area contributed by atoms with E-state index in [-0.39, 0.29) is 12.7 Å². The minimum absolute atomic E-state index is 0.159. The normalized spacial score (nSPS) is 30.7. The molecule has 3 aliphatic rings. The predicted octanol–water partition coefficient (Wildman–Crippen LogP) is 1.83. The lowest BCUT2D eigenvalue weighted by Gasteiger charge is -2.30. The summed E-state index contributed by atoms with van der Waals surface area (Å²) in [6.45, 7) is 4.48. The number of ether oxygens (including phenoxy) is 3. The first-order valence-corrected chi connectivity index (χ1v) is 11.2. The van der Waals surface area contributed by atoms with Crippen LogP contribution in [0.3, 0.4) is 0 Å². The predicted molar refractivity (Wildman–Crippen MR) is 114 cm³/mol. The summed E-state index contributed by atoms with van der Waals surface area (Å²) in [6.07, 6.45) is 5.95. The number of rotatable bonds is 5. The third-order valence-electron chi connectivity index (χ3n) is 6.64. The van der Waals surface area contributed by atoms with Crippen molar-refractivity contribution >= 4 is 22.9 Å². The summed E-state index contributed by atoms with van der Waals surface area (Å²) in [5.74, 6) is 0.906. The van der Waals surface area contributed by atoms with Crippen LogP contribution in [0.2, 0.25) is 0 Å². The Morgan fingerprint density at radius 1 is 1.19 bits per heavy atom. The Hall–Kier alpha value is -2.01. The van der Waals surface area contributed by atoms with Crippen molar-refractivity contribution in [3.63, 3.8) is 0 Å². The molecule has 1 aliphatic carbocycles. The molecule has 0 amide bonds. The van der Waals surface area contributed by atoms with Gasteiger partial charge in [0.25, 0.3) is 0 Å². The van der Waals surface area contributed by atoms with Crippen LogP contribution in [-0.2, 0) is 14.2 Å². The number of hydrogen-bond donors (Lipinski definition) is 2. The molecule has 2 aromatic rings. The highest BCUT2D eigenvalue weighted by molar-refractivity contribution is 5.84. The van der Waals surface area contributed by atoms with Crippen LogP contribution in [0, 0.1) is 5.92 Å². The number of hydrogen-bond acceptors (Lipinski definition) is 9. The molecule has 31 heavy (non-hydrogen) atoms. The van der Waals surface area contributed by atoms with Gasteiger partial charge in [-0.1, -0.05) is 19.3 Å². The fraction of sp³-hybridized carbons (Fsp3) is 0.762. The lowest BCUT2D eigenvalue weighted by molar-refractivity contribution is -0.199. The number of aliphatic hydroxyl groups is 1. The van der Waals surface area contributed by atoms with Gasteiger partial charge in [0.2, 0.25) is 5.95 Å². The van der Waals surface area contributed by atoms with E-state index in [0.29, 0.717) is 28.8 Å². The number of imidazole rings is 1. The molecule has 10 heteroatoms. The van der Waals surface area contributed by atoms with Gasteiger partial charge in [-0.05, 0) is 32.6 Å². The van der Waals surface area contributed by atoms with E-state index >= 15 is 0 Å². The standard InChI is InChI=1S/C21H32N6O4/c1-21(2)30-15-13(10-28)29-19(16(15)31-21)27-18-14(17(22)23-11-24-18)25-20(27)26(3)9-12-7-5-4-6-8-12/h11-13,15-16,19,28H,4-10H2,1-3H3,(H2,22,23,24)/t13-,15-,16-,19-/m1/s1. The second kappa shape index (κ2) is 7.84. The van der Waals surface area contributed by atoms with Crippen molar-refractivity contribution in [2.75, 3.05) is 30.8 Å². The first-order chi connectivity index (χ1) is 14.9. The first-order valence-electron chi connectivity index (χ1n) is 11.2. The molecule has 0 unspecified atom stereocenters. The molecule has 170 valence electrons. The van der Waals surface area contributed by atoms with Crippen molar-refractivity contribution < 1.29 is 19.3 Å². The van der Waals surface area contributed by atoms with Gasteiger partial charge in [0.05, 0.1) is 6.61 Å². The molecule has 4 atom stereocenters. The van der Waals surface area contributed by atoms with Crippen molar-refractivity contribution in [1.82, 2.24) is 19.5 Å². The largest absolute Gasteiger partial charge is 0.394 e. The molecule has 5 rings (SSSR count). The maximum Gasteiger partial charge on any atom is 0.209 e. The van der Waals surface area contributed by atoms with Gasteiger partial charge < -0.3 is 30.0 Å². The van der Waals surface area contributed by atoms with Crippen molar-refractivity contribution in [3.05, 3.63) is 6.33 Å². The molecule has 3 fully saturated rings. The van der Waals surface area contributed by atoms with Crippen LogP contribution < -0.4 is 10.6 Å². The number of nitrogen functional groups attached to an aromatic ring is 1. The van der Waals surface area contributed by atoms with Crippen LogP contribution in [0.1, 0.15) is 52.2 Å². The molecule has 1 saturated carbocycles. The lowest BCUT2D eigenvalue weighted by atomic mass is 9.89. The van der Waals surface area contributed by atoms with Gasteiger partial charge in [-0.15, -0.1) is 0 Å². The number of aromatic nitrogens is 4. The van der Waals surface area contributed by atoms with Crippen LogP contribution in [0.25, 0.3) is 11.2 Å². The molecule has 3 N–H and O–H groups in total. The molecule has 0 spiro atoms. The second-order valence-corrected chi connectivity index (χ2v) is 9.41. The first kappa shape index (κ1) is 20.9. The third kappa shape index (κ3) is 3.65. The topological polar surface area (TPSA) is 121 Å². The molecular formula is C21H32N6O4. The SMILES string of the molecule is CN(CC1CCCCC1)c1nc2c(N)ncnc2n1[C@@H]1O[C@H](CO)[C@H]2OC(C)(C)O[C@H]21. The molecular weight excluding hydrogens is 400 g/mol. The Labute approximate surface area is 181 Å². The summed E-state index contributed by atoms with van der Waals surface area (Å²) in [5.41, 5.74) is 7.27. The Balaban J connectivity index is 1.55. The van der Waals surface area contributed by atoms with E-state index in [1.54, 1.807) is 0 Å². The van der Waals surface area contributed by atoms with E-state index in [0.717, 1.165) is 6.54 Å². The Morgan fingerprint density at radius 3 is 2.68 bits per heavy atom. The summed E-state index contributed by atoms with van der Waals surface area (Å²) in [4.78, 5) is 15.6. The molecule has 0 radical (unpaired) electrons. The monoisotopic (exact) mass is 432 g/mol. The second-order valence-electron chi connectivity index (χ2n) is 9.41. The highest BCUT2D eigenvalue weighted by atomic mass is 16.8. The van der Waals surface area contributed by atoms with Crippen LogP contribution >= 0.6 is 0 Å². The zero-order valence-electron chi connectivity index (χ0n) is 18.4. The minimum atomic E-state index is -0.761. The molecule has 2 aromatic heterocycles. The van der Waals surface area contributed by atoms with Crippen LogP contribution in [-0.4, -0.2) is 68.9 Å². The molecule has 10 nitrogen and oxygen atoms in total. The van der Waals surface area contributed by atoms with E-state index in [1.165, 1.54) is 38.4 Å². The van der Waals surface area contributed by atoms with E-state index in [2.05, 4.69) is 14.9 Å². The zero-order valence-corrected chi connectivity index (χ0v) is 18.4. The van der Waals surface area contributed by atoms with Crippen LogP contribution in [0.4, 0.5) is 11.8 Å². The Morgan fingerprint density at radius 2 is 1.94 bits per heavy atom. The lowest BCUT2D eigenvalue weighted by Crippen LogP contribution is -2.33. The average Bonchev–Trinajstić information content (AvgIpc) is 3.37. The average molecular weight is 433 g/mol. The fourth-order valence-electron chi connectivity index (χ4n) is 5.27. The maximum atomic E-state index is 9.91. The van der Waals surface area contributed by atoms with Gasteiger partial charge in [0, 0.05) is 13.6 Å². The van der Waals surface area contributed by atoms with Gasteiger partial charge in [-0.2, -0.15) is 0 Å². The van der Waals surface area contributed by atoms with Gasteiger partial charge in [-0.3, -0.25) is 4.57 Å². The molecule has 2 saturated heterocycles. The number of nitrogens with zero attached hydrogens (tertiary/aromatic N) is 5. The van der Waals surface area contributed by atoms with Gasteiger partial charge in [0.1, 0.15) is 24.6 Å². The summed E-state index contributed by atoms with van der Waals surface area (Å²) < 4.78 is 20.4. The third-order valence-corrected chi connectivity index (χ3v) is 6.64. The van der Waals surface area contributed by atoms with Crippen molar-refractivity contribution in [3.8, 4) is 0 Å². The van der Waals surface area contributed by atoms with Gasteiger partial charge >= 0.3 is 0 Å². The summed E-state index contributed by atoms with van der Waals surface area (Å²) in [6, 6.07) is 0. The smallest absolute Gasteiger partial charge is 0.209 e. The van der Waals surface area contributed by atoms with E-state index in [1.807, 2.05) is 25.5 Å². The number of fused-ring (bicyclic) bond motifs is 2. The van der Waals surface area contributed by atoms with Crippen LogP contribution in [0.5, 0.6) is 0 Å². The quantitative estimate of drug-likeness (QED) is 0.729. The van der Waals surface area contributed by atoms with Crippen LogP contribution in [0.15, 0.2) is 6.33 Å². The highest BCUT2D eigenvalue weighted by Gasteiger charge is 2.56. The highest BCUT2D eigenvalue weighted by Crippen LogP contribution is 2.45. The van der Waals surface area contributed by atoms with E-state index in [9.17, 15) is 5.11 Å². The molecule has 0 aromatic carbocycles. The molecule has 4 heterocycles. The zero-order chi connectivity index (χ0) is 21.8. The minimum Gasteiger partial charge on any atom is -0.394 e.